The summed E-state index contributed by atoms with van der Waals surface area (Å²) in [6.07, 6.45) is 5.77. The van der Waals surface area contributed by atoms with Gasteiger partial charge in [-0.15, -0.1) is 0 Å². The molecule has 0 heterocycles. The fraction of sp³-hybridized carbons (Fsp3) is 0.500. The number of hydrogen-bond donors (Lipinski definition) is 2. The molecule has 1 aromatic carbocycles. The molecule has 1 fully saturated rings. The number of nitrogens with two attached hydrogens (primary N) is 2. The van der Waals surface area contributed by atoms with Gasteiger partial charge in [0.25, 0.3) is 5.91 Å². The molecule has 126 valence electrons. The third-order valence-corrected chi connectivity index (χ3v) is 5.50. The van der Waals surface area contributed by atoms with Crippen molar-refractivity contribution in [2.45, 2.75) is 49.8 Å². The second-order valence-electron chi connectivity index (χ2n) is 5.96. The number of carbonyl (C=O) groups excluding carboxylic acids is 1. The highest BCUT2D eigenvalue weighted by molar-refractivity contribution is 7.90. The molecular formula is C16H23N3O3S. The first kappa shape index (κ1) is 17.5. The predicted octanol–water partition coefficient (Wildman–Crippen LogP) is 1.72. The van der Waals surface area contributed by atoms with Gasteiger partial charge < -0.3 is 11.5 Å². The zero-order valence-electron chi connectivity index (χ0n) is 13.5. The molecule has 1 aliphatic carbocycles. The molecule has 0 atom stereocenters. The Kier molecular flexibility index (Phi) is 5.09. The Hall–Kier alpha value is -1.89. The van der Waals surface area contributed by atoms with Gasteiger partial charge >= 0.3 is 0 Å². The molecule has 0 spiro atoms. The second-order valence-corrected chi connectivity index (χ2v) is 7.91. The Labute approximate surface area is 136 Å². The van der Waals surface area contributed by atoms with E-state index in [2.05, 4.69) is 4.99 Å². The van der Waals surface area contributed by atoms with Gasteiger partial charge in [-0.25, -0.2) is 8.42 Å². The normalized spacial score (nSPS) is 15.6. The molecule has 4 N–H and O–H groups in total. The van der Waals surface area contributed by atoms with E-state index in [9.17, 15) is 13.2 Å². The molecule has 0 bridgehead atoms. The molecule has 1 aliphatic rings. The number of rotatable bonds is 4. The smallest absolute Gasteiger partial charge is 0.280 e. The second kappa shape index (κ2) is 6.70. The van der Waals surface area contributed by atoms with E-state index in [1.807, 2.05) is 6.92 Å². The third kappa shape index (κ3) is 3.72. The first-order valence-electron chi connectivity index (χ1n) is 7.75. The number of nitrogens with zero attached hydrogens (tertiary/aromatic N) is 1. The van der Waals surface area contributed by atoms with Crippen LogP contribution in [0.1, 0.15) is 60.0 Å². The van der Waals surface area contributed by atoms with Crippen LogP contribution < -0.4 is 11.5 Å². The lowest BCUT2D eigenvalue weighted by Gasteiger charge is -2.19. The van der Waals surface area contributed by atoms with Crippen LogP contribution >= 0.6 is 0 Å². The standard InChI is InChI=1S/C16H23N3O3S/c1-3-11-13(15(20)19-16(17)18)9-8-12(10-6-4-5-7-10)14(11)23(2,21)22/h8-10H,3-7H2,1-2H3,(H4,17,18,19,20). The minimum absolute atomic E-state index is 0.234. The van der Waals surface area contributed by atoms with Crippen molar-refractivity contribution in [3.8, 4) is 0 Å². The summed E-state index contributed by atoms with van der Waals surface area (Å²) in [6.45, 7) is 1.83. The topological polar surface area (TPSA) is 116 Å². The summed E-state index contributed by atoms with van der Waals surface area (Å²) in [5, 5.41) is 0. The minimum Gasteiger partial charge on any atom is -0.370 e. The Morgan fingerprint density at radius 1 is 1.26 bits per heavy atom. The molecule has 0 aromatic heterocycles. The van der Waals surface area contributed by atoms with Crippen LogP contribution in [0, 0.1) is 0 Å². The van der Waals surface area contributed by atoms with Crippen molar-refractivity contribution < 1.29 is 13.2 Å². The maximum absolute atomic E-state index is 12.4. The fourth-order valence-corrected chi connectivity index (χ4v) is 4.74. The van der Waals surface area contributed by atoms with E-state index in [1.165, 1.54) is 6.26 Å². The summed E-state index contributed by atoms with van der Waals surface area (Å²) in [7, 11) is -3.46. The summed E-state index contributed by atoms with van der Waals surface area (Å²) in [4.78, 5) is 16.0. The molecule has 0 saturated heterocycles. The van der Waals surface area contributed by atoms with Crippen molar-refractivity contribution in [1.29, 1.82) is 0 Å². The first-order chi connectivity index (χ1) is 10.8. The number of hydrogen-bond acceptors (Lipinski definition) is 3. The lowest BCUT2D eigenvalue weighted by Crippen LogP contribution is -2.24. The Morgan fingerprint density at radius 3 is 2.35 bits per heavy atom. The lowest BCUT2D eigenvalue weighted by molar-refractivity contribution is 0.100. The van der Waals surface area contributed by atoms with E-state index in [-0.39, 0.29) is 22.3 Å². The van der Waals surface area contributed by atoms with Gasteiger partial charge in [0.2, 0.25) is 0 Å². The number of guanidine groups is 1. The van der Waals surface area contributed by atoms with Gasteiger partial charge in [0, 0.05) is 11.8 Å². The quantitative estimate of drug-likeness (QED) is 0.641. The molecular weight excluding hydrogens is 314 g/mol. The van der Waals surface area contributed by atoms with E-state index in [0.29, 0.717) is 12.0 Å². The molecule has 0 aliphatic heterocycles. The average Bonchev–Trinajstić information content (AvgIpc) is 2.97. The number of aliphatic imine (C=N–C) groups is 1. The molecule has 1 amide bonds. The van der Waals surface area contributed by atoms with Crippen LogP contribution in [0.4, 0.5) is 0 Å². The lowest BCUT2D eigenvalue weighted by atomic mass is 9.92. The van der Waals surface area contributed by atoms with Crippen molar-refractivity contribution in [1.82, 2.24) is 0 Å². The highest BCUT2D eigenvalue weighted by atomic mass is 32.2. The van der Waals surface area contributed by atoms with Crippen molar-refractivity contribution in [3.63, 3.8) is 0 Å². The highest BCUT2D eigenvalue weighted by Gasteiger charge is 2.28. The number of carbonyl (C=O) groups is 1. The summed E-state index contributed by atoms with van der Waals surface area (Å²) in [5.41, 5.74) is 12.1. The zero-order chi connectivity index (χ0) is 17.2. The van der Waals surface area contributed by atoms with Gasteiger partial charge in [-0.3, -0.25) is 4.79 Å². The molecule has 1 aromatic rings. The van der Waals surface area contributed by atoms with E-state index < -0.39 is 15.7 Å². The number of sulfone groups is 1. The Bertz CT molecular complexity index is 744. The number of benzene rings is 1. The largest absolute Gasteiger partial charge is 0.370 e. The van der Waals surface area contributed by atoms with Gasteiger partial charge in [-0.05, 0) is 42.4 Å². The minimum atomic E-state index is -3.46. The van der Waals surface area contributed by atoms with Gasteiger partial charge in [-0.1, -0.05) is 25.8 Å². The van der Waals surface area contributed by atoms with Crippen LogP contribution in [0.5, 0.6) is 0 Å². The van der Waals surface area contributed by atoms with Crippen molar-refractivity contribution >= 4 is 21.7 Å². The van der Waals surface area contributed by atoms with Crippen LogP contribution in [-0.2, 0) is 16.3 Å². The summed E-state index contributed by atoms with van der Waals surface area (Å²) in [6, 6.07) is 3.40. The molecule has 0 unspecified atom stereocenters. The van der Waals surface area contributed by atoms with Crippen molar-refractivity contribution in [2.24, 2.45) is 16.5 Å². The average molecular weight is 337 g/mol. The van der Waals surface area contributed by atoms with Crippen LogP contribution in [0.2, 0.25) is 0 Å². The summed E-state index contributed by atoms with van der Waals surface area (Å²) >= 11 is 0. The fourth-order valence-electron chi connectivity index (χ4n) is 3.37. The third-order valence-electron chi connectivity index (χ3n) is 4.27. The summed E-state index contributed by atoms with van der Waals surface area (Å²) < 4.78 is 24.8. The van der Waals surface area contributed by atoms with E-state index in [1.54, 1.807) is 12.1 Å². The van der Waals surface area contributed by atoms with Crippen LogP contribution in [0.15, 0.2) is 22.0 Å². The van der Waals surface area contributed by atoms with Crippen LogP contribution in [0.25, 0.3) is 0 Å². The molecule has 7 heteroatoms. The van der Waals surface area contributed by atoms with Crippen LogP contribution in [-0.4, -0.2) is 26.5 Å². The molecule has 6 nitrogen and oxygen atoms in total. The SMILES string of the molecule is CCc1c(C(=O)N=C(N)N)ccc(C2CCCC2)c1S(C)(=O)=O. The van der Waals surface area contributed by atoms with Gasteiger partial charge in [0.15, 0.2) is 15.8 Å². The molecule has 2 rings (SSSR count). The van der Waals surface area contributed by atoms with E-state index >= 15 is 0 Å². The van der Waals surface area contributed by atoms with Gasteiger partial charge in [0.05, 0.1) is 4.90 Å². The Morgan fingerprint density at radius 2 is 1.87 bits per heavy atom. The number of amides is 1. The van der Waals surface area contributed by atoms with Crippen molar-refractivity contribution in [3.05, 3.63) is 28.8 Å². The van der Waals surface area contributed by atoms with Gasteiger partial charge in [0.1, 0.15) is 0 Å². The Balaban J connectivity index is 2.69. The van der Waals surface area contributed by atoms with E-state index in [4.69, 9.17) is 11.5 Å². The van der Waals surface area contributed by atoms with Crippen LogP contribution in [0.3, 0.4) is 0 Å². The molecule has 1 saturated carbocycles. The highest BCUT2D eigenvalue weighted by Crippen LogP contribution is 2.39. The van der Waals surface area contributed by atoms with Gasteiger partial charge in [-0.2, -0.15) is 4.99 Å². The van der Waals surface area contributed by atoms with Crippen molar-refractivity contribution in [2.75, 3.05) is 6.26 Å². The zero-order valence-corrected chi connectivity index (χ0v) is 14.3. The summed E-state index contributed by atoms with van der Waals surface area (Å²) in [5.74, 6) is -0.709. The van der Waals surface area contributed by atoms with E-state index in [0.717, 1.165) is 31.2 Å². The predicted molar refractivity (Wildman–Crippen MR) is 90.3 cm³/mol. The first-order valence-corrected chi connectivity index (χ1v) is 9.64. The molecule has 0 radical (unpaired) electrons. The maximum atomic E-state index is 12.4. The maximum Gasteiger partial charge on any atom is 0.280 e. The monoisotopic (exact) mass is 337 g/mol. The molecule has 23 heavy (non-hydrogen) atoms.